The maximum absolute atomic E-state index is 11.9. The van der Waals surface area contributed by atoms with Crippen LogP contribution in [0.4, 0.5) is 0 Å². The van der Waals surface area contributed by atoms with Crippen molar-refractivity contribution in [2.24, 2.45) is 5.73 Å². The van der Waals surface area contributed by atoms with Gasteiger partial charge in [0.2, 0.25) is 5.91 Å². The van der Waals surface area contributed by atoms with Crippen molar-refractivity contribution in [1.82, 2.24) is 14.8 Å². The number of pyridine rings is 1. The maximum atomic E-state index is 11.9. The van der Waals surface area contributed by atoms with Crippen molar-refractivity contribution in [1.29, 1.82) is 0 Å². The summed E-state index contributed by atoms with van der Waals surface area (Å²) >= 11 is 0. The number of carboxylic acid groups (broad SMARTS) is 1. The van der Waals surface area contributed by atoms with Gasteiger partial charge < -0.3 is 20.6 Å². The van der Waals surface area contributed by atoms with Gasteiger partial charge in [-0.3, -0.25) is 9.78 Å². The fourth-order valence-electron chi connectivity index (χ4n) is 2.17. The van der Waals surface area contributed by atoms with Crippen LogP contribution in [0.2, 0.25) is 0 Å². The van der Waals surface area contributed by atoms with Crippen LogP contribution in [0, 0.1) is 6.92 Å². The van der Waals surface area contributed by atoms with Gasteiger partial charge >= 0.3 is 5.97 Å². The van der Waals surface area contributed by atoms with Gasteiger partial charge in [0.05, 0.1) is 12.1 Å². The molecule has 1 aromatic rings. The highest BCUT2D eigenvalue weighted by atomic mass is 16.4. The van der Waals surface area contributed by atoms with Gasteiger partial charge in [0, 0.05) is 31.5 Å². The first-order chi connectivity index (χ1) is 10.4. The fraction of sp³-hybridized carbons (Fsp3) is 0.533. The van der Waals surface area contributed by atoms with Crippen LogP contribution in [-0.4, -0.2) is 72.0 Å². The van der Waals surface area contributed by atoms with Crippen LogP contribution in [0.5, 0.6) is 0 Å². The van der Waals surface area contributed by atoms with Crippen molar-refractivity contribution in [3.05, 3.63) is 29.1 Å². The average Bonchev–Trinajstić information content (AvgIpc) is 2.47. The molecule has 0 aliphatic carbocycles. The van der Waals surface area contributed by atoms with E-state index in [1.165, 1.54) is 12.3 Å². The molecule has 0 aliphatic rings. The zero-order chi connectivity index (χ0) is 16.7. The van der Waals surface area contributed by atoms with Crippen LogP contribution in [0.25, 0.3) is 0 Å². The van der Waals surface area contributed by atoms with Gasteiger partial charge in [-0.25, -0.2) is 4.79 Å². The molecular weight excluding hydrogens is 284 g/mol. The monoisotopic (exact) mass is 308 g/mol. The first kappa shape index (κ1) is 18.1. The number of carboxylic acids is 1. The third-order valence-corrected chi connectivity index (χ3v) is 3.48. The Labute approximate surface area is 130 Å². The number of nitrogens with zero attached hydrogens (tertiary/aromatic N) is 3. The van der Waals surface area contributed by atoms with Gasteiger partial charge in [0.15, 0.2) is 0 Å². The SMILES string of the molecule is Cc1nccc(C(=O)O)c1CCN(CCN(C)C)C(=O)CN. The molecule has 0 spiro atoms. The van der Waals surface area contributed by atoms with E-state index in [0.29, 0.717) is 30.8 Å². The number of likely N-dealkylation sites (N-methyl/N-ethyl adjacent to an activating group) is 1. The lowest BCUT2D eigenvalue weighted by Crippen LogP contribution is -2.41. The number of aromatic carboxylic acids is 1. The zero-order valence-electron chi connectivity index (χ0n) is 13.4. The van der Waals surface area contributed by atoms with E-state index in [1.807, 2.05) is 19.0 Å². The molecule has 0 bridgehead atoms. The van der Waals surface area contributed by atoms with Crippen LogP contribution in [0.15, 0.2) is 12.3 Å². The Morgan fingerprint density at radius 3 is 2.50 bits per heavy atom. The second-order valence-electron chi connectivity index (χ2n) is 5.37. The third kappa shape index (κ3) is 5.09. The van der Waals surface area contributed by atoms with Gasteiger partial charge in [-0.2, -0.15) is 0 Å². The number of hydrogen-bond acceptors (Lipinski definition) is 5. The van der Waals surface area contributed by atoms with Gasteiger partial charge in [0.25, 0.3) is 0 Å². The third-order valence-electron chi connectivity index (χ3n) is 3.48. The van der Waals surface area contributed by atoms with Crippen molar-refractivity contribution in [2.45, 2.75) is 13.3 Å². The van der Waals surface area contributed by atoms with E-state index in [1.54, 1.807) is 11.8 Å². The van der Waals surface area contributed by atoms with Gasteiger partial charge in [-0.15, -0.1) is 0 Å². The zero-order valence-corrected chi connectivity index (χ0v) is 13.4. The lowest BCUT2D eigenvalue weighted by Gasteiger charge is -2.24. The molecular formula is C15H24N4O3. The van der Waals surface area contributed by atoms with Crippen LogP contribution in [-0.2, 0) is 11.2 Å². The highest BCUT2D eigenvalue weighted by molar-refractivity contribution is 5.89. The standard InChI is InChI=1S/C15H24N4O3/c1-11-12(13(15(21)22)4-6-17-11)5-7-19(14(20)10-16)9-8-18(2)3/h4,6H,5,7-10,16H2,1-3H3,(H,21,22). The van der Waals surface area contributed by atoms with Gasteiger partial charge in [-0.05, 0) is 39.1 Å². The summed E-state index contributed by atoms with van der Waals surface area (Å²) in [7, 11) is 3.86. The summed E-state index contributed by atoms with van der Waals surface area (Å²) < 4.78 is 0. The minimum atomic E-state index is -0.981. The molecule has 3 N–H and O–H groups in total. The molecule has 0 saturated heterocycles. The summed E-state index contributed by atoms with van der Waals surface area (Å²) in [6, 6.07) is 1.49. The molecule has 0 radical (unpaired) electrons. The molecule has 122 valence electrons. The Kier molecular flexibility index (Phi) is 6.94. The van der Waals surface area contributed by atoms with Gasteiger partial charge in [-0.1, -0.05) is 0 Å². The van der Waals surface area contributed by atoms with E-state index in [0.717, 1.165) is 6.54 Å². The number of aryl methyl sites for hydroxylation is 1. The van der Waals surface area contributed by atoms with Crippen LogP contribution in [0.1, 0.15) is 21.6 Å². The van der Waals surface area contributed by atoms with Crippen molar-refractivity contribution >= 4 is 11.9 Å². The van der Waals surface area contributed by atoms with Crippen molar-refractivity contribution < 1.29 is 14.7 Å². The van der Waals surface area contributed by atoms with Gasteiger partial charge in [0.1, 0.15) is 0 Å². The molecule has 7 heteroatoms. The summed E-state index contributed by atoms with van der Waals surface area (Å²) in [5.41, 5.74) is 7.02. The molecule has 0 atom stereocenters. The summed E-state index contributed by atoms with van der Waals surface area (Å²) in [5.74, 6) is -1.12. The molecule has 1 rings (SSSR count). The topological polar surface area (TPSA) is 99.8 Å². The van der Waals surface area contributed by atoms with E-state index in [9.17, 15) is 14.7 Å². The lowest BCUT2D eigenvalue weighted by molar-refractivity contribution is -0.129. The minimum absolute atomic E-state index is 0.0504. The number of carbonyl (C=O) groups excluding carboxylic acids is 1. The maximum Gasteiger partial charge on any atom is 0.336 e. The number of rotatable bonds is 8. The normalized spacial score (nSPS) is 10.8. The summed E-state index contributed by atoms with van der Waals surface area (Å²) in [6.45, 7) is 3.44. The Hall–Kier alpha value is -1.99. The Bertz CT molecular complexity index is 532. The summed E-state index contributed by atoms with van der Waals surface area (Å²) in [4.78, 5) is 31.0. The van der Waals surface area contributed by atoms with E-state index in [-0.39, 0.29) is 18.0 Å². The van der Waals surface area contributed by atoms with Crippen molar-refractivity contribution in [3.63, 3.8) is 0 Å². The number of nitrogens with two attached hydrogens (primary N) is 1. The van der Waals surface area contributed by atoms with Crippen LogP contribution < -0.4 is 5.73 Å². The molecule has 7 nitrogen and oxygen atoms in total. The Balaban J connectivity index is 2.84. The first-order valence-corrected chi connectivity index (χ1v) is 7.17. The molecule has 0 fully saturated rings. The predicted molar refractivity (Wildman–Crippen MR) is 83.8 cm³/mol. The second kappa shape index (κ2) is 8.45. The van der Waals surface area contributed by atoms with E-state index < -0.39 is 5.97 Å². The number of carbonyl (C=O) groups is 2. The molecule has 0 aliphatic heterocycles. The second-order valence-corrected chi connectivity index (χ2v) is 5.37. The molecule has 0 aromatic carbocycles. The largest absolute Gasteiger partial charge is 0.478 e. The lowest BCUT2D eigenvalue weighted by atomic mass is 10.0. The summed E-state index contributed by atoms with van der Waals surface area (Å²) in [6.07, 6.45) is 1.93. The highest BCUT2D eigenvalue weighted by Crippen LogP contribution is 2.13. The van der Waals surface area contributed by atoms with E-state index in [4.69, 9.17) is 5.73 Å². The average molecular weight is 308 g/mol. The number of hydrogen-bond donors (Lipinski definition) is 2. The fourth-order valence-corrected chi connectivity index (χ4v) is 2.17. The summed E-state index contributed by atoms with van der Waals surface area (Å²) in [5, 5.41) is 9.25. The highest BCUT2D eigenvalue weighted by Gasteiger charge is 2.16. The minimum Gasteiger partial charge on any atom is -0.478 e. The Morgan fingerprint density at radius 2 is 1.95 bits per heavy atom. The van der Waals surface area contributed by atoms with Crippen LogP contribution in [0.3, 0.4) is 0 Å². The molecule has 1 aromatic heterocycles. The molecule has 0 unspecified atom stereocenters. The molecule has 1 amide bonds. The number of amides is 1. The molecule has 1 heterocycles. The van der Waals surface area contributed by atoms with Crippen molar-refractivity contribution in [2.75, 3.05) is 40.3 Å². The predicted octanol–water partition coefficient (Wildman–Crippen LogP) is -0.0204. The molecule has 22 heavy (non-hydrogen) atoms. The van der Waals surface area contributed by atoms with Crippen LogP contribution >= 0.6 is 0 Å². The molecule has 0 saturated carbocycles. The number of aromatic nitrogens is 1. The van der Waals surface area contributed by atoms with E-state index in [2.05, 4.69) is 4.98 Å². The first-order valence-electron chi connectivity index (χ1n) is 7.17. The van der Waals surface area contributed by atoms with E-state index >= 15 is 0 Å². The quantitative estimate of drug-likeness (QED) is 0.700. The van der Waals surface area contributed by atoms with Crippen molar-refractivity contribution in [3.8, 4) is 0 Å². The smallest absolute Gasteiger partial charge is 0.336 e. The Morgan fingerprint density at radius 1 is 1.27 bits per heavy atom.